The summed E-state index contributed by atoms with van der Waals surface area (Å²) < 4.78 is 6.59. The van der Waals surface area contributed by atoms with E-state index >= 15 is 0 Å². The Kier molecular flexibility index (Phi) is 4.77. The number of methoxy groups -OCH3 is 1. The lowest BCUT2D eigenvalue weighted by Crippen LogP contribution is -2.33. The molecular formula is C16H24BrNO. The molecule has 1 aliphatic rings. The van der Waals surface area contributed by atoms with E-state index in [2.05, 4.69) is 48.1 Å². The average molecular weight is 326 g/mol. The average Bonchev–Trinajstić information content (AvgIpc) is 2.36. The maximum absolute atomic E-state index is 5.52. The van der Waals surface area contributed by atoms with Gasteiger partial charge >= 0.3 is 0 Å². The SMILES string of the molecule is COc1cc(Br)cc(C)c1NC1CC(C)CCC1C. The Hall–Kier alpha value is -0.700. The molecule has 0 amide bonds. The smallest absolute Gasteiger partial charge is 0.143 e. The van der Waals surface area contributed by atoms with Crippen molar-refractivity contribution in [1.29, 1.82) is 0 Å². The second-order valence-electron chi connectivity index (χ2n) is 5.95. The van der Waals surface area contributed by atoms with Crippen LogP contribution in [0.25, 0.3) is 0 Å². The third-order valence-corrected chi connectivity index (χ3v) is 4.73. The molecule has 1 aromatic carbocycles. The van der Waals surface area contributed by atoms with Crippen LogP contribution in [0.3, 0.4) is 0 Å². The molecule has 0 radical (unpaired) electrons. The molecule has 2 nitrogen and oxygen atoms in total. The van der Waals surface area contributed by atoms with E-state index < -0.39 is 0 Å². The van der Waals surface area contributed by atoms with Gasteiger partial charge in [-0.05, 0) is 49.3 Å². The summed E-state index contributed by atoms with van der Waals surface area (Å²) in [6.07, 6.45) is 3.92. The maximum atomic E-state index is 5.52. The van der Waals surface area contributed by atoms with Crippen molar-refractivity contribution in [3.05, 3.63) is 22.2 Å². The van der Waals surface area contributed by atoms with Crippen molar-refractivity contribution >= 4 is 21.6 Å². The number of hydrogen-bond acceptors (Lipinski definition) is 2. The summed E-state index contributed by atoms with van der Waals surface area (Å²) in [6, 6.07) is 4.73. The van der Waals surface area contributed by atoms with E-state index in [0.29, 0.717) is 6.04 Å². The van der Waals surface area contributed by atoms with Gasteiger partial charge in [0.25, 0.3) is 0 Å². The van der Waals surface area contributed by atoms with Gasteiger partial charge in [0.05, 0.1) is 12.8 Å². The predicted molar refractivity (Wildman–Crippen MR) is 85.0 cm³/mol. The monoisotopic (exact) mass is 325 g/mol. The molecule has 0 heterocycles. The fourth-order valence-electron chi connectivity index (χ4n) is 2.98. The van der Waals surface area contributed by atoms with E-state index in [1.54, 1.807) is 7.11 Å². The first kappa shape index (κ1) is 14.7. The van der Waals surface area contributed by atoms with Crippen LogP contribution in [0.4, 0.5) is 5.69 Å². The minimum atomic E-state index is 0.553. The maximum Gasteiger partial charge on any atom is 0.143 e. The molecule has 1 saturated carbocycles. The van der Waals surface area contributed by atoms with Crippen LogP contribution in [0.5, 0.6) is 5.75 Å². The summed E-state index contributed by atoms with van der Waals surface area (Å²) >= 11 is 3.53. The van der Waals surface area contributed by atoms with Crippen LogP contribution in [-0.2, 0) is 0 Å². The standard InChI is InChI=1S/C16H24BrNO/c1-10-5-6-11(2)14(7-10)18-16-12(3)8-13(17)9-15(16)19-4/h8-11,14,18H,5-7H2,1-4H3. The van der Waals surface area contributed by atoms with Crippen LogP contribution in [0, 0.1) is 18.8 Å². The zero-order valence-electron chi connectivity index (χ0n) is 12.3. The summed E-state index contributed by atoms with van der Waals surface area (Å²) in [7, 11) is 1.74. The normalized spacial score (nSPS) is 27.1. The van der Waals surface area contributed by atoms with Gasteiger partial charge in [0.2, 0.25) is 0 Å². The van der Waals surface area contributed by atoms with Gasteiger partial charge in [-0.15, -0.1) is 0 Å². The molecule has 0 aromatic heterocycles. The van der Waals surface area contributed by atoms with Crippen LogP contribution in [0.1, 0.15) is 38.7 Å². The molecule has 19 heavy (non-hydrogen) atoms. The highest BCUT2D eigenvalue weighted by Crippen LogP contribution is 2.36. The van der Waals surface area contributed by atoms with Crippen molar-refractivity contribution < 1.29 is 4.74 Å². The highest BCUT2D eigenvalue weighted by molar-refractivity contribution is 9.10. The van der Waals surface area contributed by atoms with Gasteiger partial charge in [-0.2, -0.15) is 0 Å². The van der Waals surface area contributed by atoms with Gasteiger partial charge in [-0.3, -0.25) is 0 Å². The fourth-order valence-corrected chi connectivity index (χ4v) is 3.53. The van der Waals surface area contributed by atoms with Crippen LogP contribution in [0.15, 0.2) is 16.6 Å². The van der Waals surface area contributed by atoms with E-state index in [1.165, 1.54) is 24.8 Å². The molecule has 2 rings (SSSR count). The molecule has 3 heteroatoms. The van der Waals surface area contributed by atoms with Gasteiger partial charge in [0.15, 0.2) is 0 Å². The Balaban J connectivity index is 2.22. The third kappa shape index (κ3) is 3.44. The zero-order chi connectivity index (χ0) is 14.0. The minimum Gasteiger partial charge on any atom is -0.495 e. The van der Waals surface area contributed by atoms with Crippen molar-refractivity contribution in [1.82, 2.24) is 0 Å². The van der Waals surface area contributed by atoms with Crippen LogP contribution in [0.2, 0.25) is 0 Å². The Labute approximate surface area is 125 Å². The molecule has 3 unspecified atom stereocenters. The van der Waals surface area contributed by atoms with Gasteiger partial charge in [0.1, 0.15) is 5.75 Å². The van der Waals surface area contributed by atoms with Crippen molar-refractivity contribution in [2.45, 2.75) is 46.1 Å². The van der Waals surface area contributed by atoms with Gasteiger partial charge < -0.3 is 10.1 Å². The minimum absolute atomic E-state index is 0.553. The number of rotatable bonds is 3. The number of ether oxygens (including phenoxy) is 1. The molecule has 0 saturated heterocycles. The Bertz CT molecular complexity index is 447. The Morgan fingerprint density at radius 3 is 2.68 bits per heavy atom. The van der Waals surface area contributed by atoms with E-state index in [4.69, 9.17) is 4.74 Å². The molecule has 0 spiro atoms. The predicted octanol–water partition coefficient (Wildman–Crippen LogP) is 5.00. The molecule has 106 valence electrons. The van der Waals surface area contributed by atoms with Crippen molar-refractivity contribution in [3.8, 4) is 5.75 Å². The molecule has 1 N–H and O–H groups in total. The number of benzene rings is 1. The highest BCUT2D eigenvalue weighted by atomic mass is 79.9. The highest BCUT2D eigenvalue weighted by Gasteiger charge is 2.26. The summed E-state index contributed by atoms with van der Waals surface area (Å²) in [5.41, 5.74) is 2.38. The van der Waals surface area contributed by atoms with Crippen molar-refractivity contribution in [3.63, 3.8) is 0 Å². The molecular weight excluding hydrogens is 302 g/mol. The fraction of sp³-hybridized carbons (Fsp3) is 0.625. The Morgan fingerprint density at radius 2 is 2.00 bits per heavy atom. The first-order chi connectivity index (χ1) is 9.01. The van der Waals surface area contributed by atoms with Crippen LogP contribution >= 0.6 is 15.9 Å². The topological polar surface area (TPSA) is 21.3 Å². The number of halogens is 1. The quantitative estimate of drug-likeness (QED) is 0.844. The van der Waals surface area contributed by atoms with Crippen molar-refractivity contribution in [2.75, 3.05) is 12.4 Å². The van der Waals surface area contributed by atoms with E-state index in [-0.39, 0.29) is 0 Å². The summed E-state index contributed by atoms with van der Waals surface area (Å²) in [5, 5.41) is 3.73. The molecule has 1 fully saturated rings. The first-order valence-electron chi connectivity index (χ1n) is 7.12. The van der Waals surface area contributed by atoms with Crippen LogP contribution < -0.4 is 10.1 Å². The number of nitrogens with one attached hydrogen (secondary N) is 1. The molecule has 1 aliphatic carbocycles. The molecule has 0 bridgehead atoms. The molecule has 0 aliphatic heterocycles. The summed E-state index contributed by atoms with van der Waals surface area (Å²) in [5.74, 6) is 2.47. The lowest BCUT2D eigenvalue weighted by Gasteiger charge is -2.34. The van der Waals surface area contributed by atoms with E-state index in [0.717, 1.165) is 27.7 Å². The zero-order valence-corrected chi connectivity index (χ0v) is 13.9. The van der Waals surface area contributed by atoms with Gasteiger partial charge in [-0.1, -0.05) is 36.2 Å². The Morgan fingerprint density at radius 1 is 1.26 bits per heavy atom. The van der Waals surface area contributed by atoms with Crippen LogP contribution in [-0.4, -0.2) is 13.2 Å². The van der Waals surface area contributed by atoms with Gasteiger partial charge in [0, 0.05) is 10.5 Å². The summed E-state index contributed by atoms with van der Waals surface area (Å²) in [4.78, 5) is 0. The van der Waals surface area contributed by atoms with Gasteiger partial charge in [-0.25, -0.2) is 0 Å². The van der Waals surface area contributed by atoms with Crippen molar-refractivity contribution in [2.24, 2.45) is 11.8 Å². The lowest BCUT2D eigenvalue weighted by atomic mass is 9.80. The molecule has 3 atom stereocenters. The second-order valence-corrected chi connectivity index (χ2v) is 6.86. The number of hydrogen-bond donors (Lipinski definition) is 1. The second kappa shape index (κ2) is 6.17. The molecule has 1 aromatic rings. The van der Waals surface area contributed by atoms with E-state index in [9.17, 15) is 0 Å². The third-order valence-electron chi connectivity index (χ3n) is 4.27. The summed E-state index contributed by atoms with van der Waals surface area (Å²) in [6.45, 7) is 6.84. The first-order valence-corrected chi connectivity index (χ1v) is 7.91. The lowest BCUT2D eigenvalue weighted by molar-refractivity contribution is 0.280. The largest absolute Gasteiger partial charge is 0.495 e. The van der Waals surface area contributed by atoms with E-state index in [1.807, 2.05) is 6.07 Å². The number of aryl methyl sites for hydroxylation is 1. The number of anilines is 1.